The number of hydrazine groups is 1. The second-order valence-electron chi connectivity index (χ2n) is 4.11. The molecule has 0 aromatic carbocycles. The van der Waals surface area contributed by atoms with E-state index in [4.69, 9.17) is 10.6 Å². The van der Waals surface area contributed by atoms with Gasteiger partial charge in [-0.15, -0.1) is 0 Å². The van der Waals surface area contributed by atoms with E-state index in [9.17, 15) is 0 Å². The molecule has 6 nitrogen and oxygen atoms in total. The molecule has 94 valence electrons. The van der Waals surface area contributed by atoms with Crippen molar-refractivity contribution in [1.29, 1.82) is 0 Å². The van der Waals surface area contributed by atoms with Gasteiger partial charge >= 0.3 is 0 Å². The summed E-state index contributed by atoms with van der Waals surface area (Å²) in [6.45, 7) is 3.43. The van der Waals surface area contributed by atoms with Crippen molar-refractivity contribution in [3.8, 4) is 0 Å². The van der Waals surface area contributed by atoms with E-state index >= 15 is 0 Å². The molecule has 0 aromatic rings. The van der Waals surface area contributed by atoms with Gasteiger partial charge < -0.3 is 15.0 Å². The predicted octanol–water partition coefficient (Wildman–Crippen LogP) is -0.864. The van der Waals surface area contributed by atoms with E-state index in [0.29, 0.717) is 25.2 Å². The quantitative estimate of drug-likeness (QED) is 0.192. The number of methoxy groups -OCH3 is 1. The van der Waals surface area contributed by atoms with Gasteiger partial charge in [0.25, 0.3) is 0 Å². The molecule has 6 heteroatoms. The van der Waals surface area contributed by atoms with Crippen molar-refractivity contribution >= 4 is 5.96 Å². The largest absolute Gasteiger partial charge is 0.383 e. The van der Waals surface area contributed by atoms with Crippen LogP contribution in [0.4, 0.5) is 0 Å². The van der Waals surface area contributed by atoms with Gasteiger partial charge in [0.15, 0.2) is 0 Å². The molecule has 0 spiro atoms. The van der Waals surface area contributed by atoms with E-state index in [0.717, 1.165) is 13.0 Å². The lowest BCUT2D eigenvalue weighted by Gasteiger charge is -2.30. The summed E-state index contributed by atoms with van der Waals surface area (Å²) in [5, 5.41) is 3.31. The number of piperidine rings is 1. The summed E-state index contributed by atoms with van der Waals surface area (Å²) in [5.41, 5.74) is 2.59. The Balaban J connectivity index is 2.33. The van der Waals surface area contributed by atoms with Crippen molar-refractivity contribution < 1.29 is 4.74 Å². The van der Waals surface area contributed by atoms with E-state index < -0.39 is 0 Å². The highest BCUT2D eigenvalue weighted by Crippen LogP contribution is 2.07. The normalized spacial score (nSPS) is 23.2. The first-order valence-electron chi connectivity index (χ1n) is 5.71. The van der Waals surface area contributed by atoms with E-state index in [1.807, 2.05) is 0 Å². The molecule has 0 bridgehead atoms. The number of aliphatic imine (C=N–C) groups is 1. The third-order valence-electron chi connectivity index (χ3n) is 2.67. The summed E-state index contributed by atoms with van der Waals surface area (Å²) in [4.78, 5) is 6.59. The number of likely N-dealkylation sites (tertiary alicyclic amines) is 1. The second kappa shape index (κ2) is 7.43. The smallest absolute Gasteiger partial charge is 0.206 e. The fourth-order valence-corrected chi connectivity index (χ4v) is 1.86. The number of rotatable bonds is 4. The third-order valence-corrected chi connectivity index (χ3v) is 2.67. The monoisotopic (exact) mass is 229 g/mol. The molecule has 1 fully saturated rings. The fourth-order valence-electron chi connectivity index (χ4n) is 1.86. The third kappa shape index (κ3) is 4.78. The molecule has 1 aliphatic rings. The summed E-state index contributed by atoms with van der Waals surface area (Å²) in [6, 6.07) is 0.427. The number of nitrogens with one attached hydrogen (secondary N) is 2. The van der Waals surface area contributed by atoms with Crippen LogP contribution in [0.2, 0.25) is 0 Å². The molecule has 1 rings (SSSR count). The molecule has 0 aromatic heterocycles. The predicted molar refractivity (Wildman–Crippen MR) is 65.2 cm³/mol. The molecule has 1 aliphatic heterocycles. The molecule has 0 radical (unpaired) electrons. The Bertz CT molecular complexity index is 221. The van der Waals surface area contributed by atoms with Gasteiger partial charge in [0.1, 0.15) is 0 Å². The number of nitrogens with two attached hydrogens (primary N) is 1. The van der Waals surface area contributed by atoms with Crippen LogP contribution in [0.3, 0.4) is 0 Å². The number of nitrogens with zero attached hydrogens (tertiary/aromatic N) is 2. The molecular formula is C10H23N5O. The average molecular weight is 229 g/mol. The standard InChI is InChI=1S/C10H23N5O/c1-15-6-3-4-9(8-15)13-10(14-11)12-5-7-16-2/h9H,3-8,11H2,1-2H3,(H2,12,13,14). The molecule has 16 heavy (non-hydrogen) atoms. The Kier molecular flexibility index (Phi) is 6.14. The number of guanidine groups is 1. The lowest BCUT2D eigenvalue weighted by Crippen LogP contribution is -2.52. The maximum absolute atomic E-state index is 5.41. The van der Waals surface area contributed by atoms with Gasteiger partial charge in [0.05, 0.1) is 13.2 Å². The van der Waals surface area contributed by atoms with E-state index in [2.05, 4.69) is 27.7 Å². The zero-order chi connectivity index (χ0) is 11.8. The van der Waals surface area contributed by atoms with Gasteiger partial charge in [-0.3, -0.25) is 5.43 Å². The van der Waals surface area contributed by atoms with Crippen LogP contribution in [0.15, 0.2) is 4.99 Å². The minimum absolute atomic E-state index is 0.427. The molecule has 1 heterocycles. The Morgan fingerprint density at radius 3 is 3.06 bits per heavy atom. The van der Waals surface area contributed by atoms with Crippen LogP contribution in [0.1, 0.15) is 12.8 Å². The average Bonchev–Trinajstić information content (AvgIpc) is 2.28. The number of likely N-dealkylation sites (N-methyl/N-ethyl adjacent to an activating group) is 1. The SMILES string of the molecule is COCCN=C(NN)NC1CCCN(C)C1. The highest BCUT2D eigenvalue weighted by atomic mass is 16.5. The number of hydrogen-bond acceptors (Lipinski definition) is 4. The summed E-state index contributed by atoms with van der Waals surface area (Å²) in [7, 11) is 3.79. The summed E-state index contributed by atoms with van der Waals surface area (Å²) >= 11 is 0. The highest BCUT2D eigenvalue weighted by Gasteiger charge is 2.17. The Hall–Kier alpha value is -0.850. The lowest BCUT2D eigenvalue weighted by atomic mass is 10.1. The van der Waals surface area contributed by atoms with Crippen molar-refractivity contribution in [2.75, 3.05) is 40.4 Å². The fraction of sp³-hybridized carbons (Fsp3) is 0.900. The van der Waals surface area contributed by atoms with Crippen LogP contribution in [-0.4, -0.2) is 57.3 Å². The molecule has 0 aliphatic carbocycles. The van der Waals surface area contributed by atoms with Gasteiger partial charge in [-0.1, -0.05) is 0 Å². The van der Waals surface area contributed by atoms with Crippen LogP contribution in [0.25, 0.3) is 0 Å². The maximum atomic E-state index is 5.41. The first-order valence-corrected chi connectivity index (χ1v) is 5.71. The van der Waals surface area contributed by atoms with Crippen molar-refractivity contribution in [2.45, 2.75) is 18.9 Å². The molecule has 0 saturated carbocycles. The minimum atomic E-state index is 0.427. The van der Waals surface area contributed by atoms with Crippen LogP contribution in [0.5, 0.6) is 0 Å². The summed E-state index contributed by atoms with van der Waals surface area (Å²) in [5.74, 6) is 6.06. The van der Waals surface area contributed by atoms with Crippen molar-refractivity contribution in [2.24, 2.45) is 10.8 Å². The van der Waals surface area contributed by atoms with Crippen LogP contribution < -0.4 is 16.6 Å². The zero-order valence-corrected chi connectivity index (χ0v) is 10.2. The molecule has 4 N–H and O–H groups in total. The summed E-state index contributed by atoms with van der Waals surface area (Å²) in [6.07, 6.45) is 2.37. The van der Waals surface area contributed by atoms with Crippen LogP contribution >= 0.6 is 0 Å². The topological polar surface area (TPSA) is 74.9 Å². The first-order chi connectivity index (χ1) is 7.76. The van der Waals surface area contributed by atoms with Gasteiger partial charge in [-0.05, 0) is 26.4 Å². The maximum Gasteiger partial charge on any atom is 0.206 e. The van der Waals surface area contributed by atoms with E-state index in [-0.39, 0.29) is 0 Å². The lowest BCUT2D eigenvalue weighted by molar-refractivity contribution is 0.207. The number of hydrogen-bond donors (Lipinski definition) is 3. The van der Waals surface area contributed by atoms with Gasteiger partial charge in [-0.25, -0.2) is 10.8 Å². The summed E-state index contributed by atoms with van der Waals surface area (Å²) < 4.78 is 4.93. The molecule has 1 saturated heterocycles. The molecule has 0 amide bonds. The highest BCUT2D eigenvalue weighted by molar-refractivity contribution is 5.79. The van der Waals surface area contributed by atoms with Crippen LogP contribution in [-0.2, 0) is 4.74 Å². The Labute approximate surface area is 97.2 Å². The first kappa shape index (κ1) is 13.2. The number of ether oxygens (including phenoxy) is 1. The molecule has 1 unspecified atom stereocenters. The van der Waals surface area contributed by atoms with Crippen molar-refractivity contribution in [3.63, 3.8) is 0 Å². The van der Waals surface area contributed by atoms with Gasteiger partial charge in [0.2, 0.25) is 5.96 Å². The van der Waals surface area contributed by atoms with E-state index in [1.54, 1.807) is 7.11 Å². The molecular weight excluding hydrogens is 206 g/mol. The van der Waals surface area contributed by atoms with Crippen LogP contribution in [0, 0.1) is 0 Å². The van der Waals surface area contributed by atoms with Crippen molar-refractivity contribution in [1.82, 2.24) is 15.6 Å². The zero-order valence-electron chi connectivity index (χ0n) is 10.2. The minimum Gasteiger partial charge on any atom is -0.383 e. The van der Waals surface area contributed by atoms with Gasteiger partial charge in [-0.2, -0.15) is 0 Å². The molecule has 1 atom stereocenters. The van der Waals surface area contributed by atoms with Crippen molar-refractivity contribution in [3.05, 3.63) is 0 Å². The Morgan fingerprint density at radius 1 is 1.62 bits per heavy atom. The van der Waals surface area contributed by atoms with Gasteiger partial charge in [0, 0.05) is 19.7 Å². The second-order valence-corrected chi connectivity index (χ2v) is 4.11. The Morgan fingerprint density at radius 2 is 2.44 bits per heavy atom. The van der Waals surface area contributed by atoms with E-state index in [1.165, 1.54) is 13.0 Å².